The number of carbonyl (C=O) groups is 2. The quantitative estimate of drug-likeness (QED) is 0.889. The van der Waals surface area contributed by atoms with Gasteiger partial charge in [-0.15, -0.1) is 0 Å². The molecule has 2 rings (SSSR count). The van der Waals surface area contributed by atoms with Crippen molar-refractivity contribution in [1.29, 1.82) is 0 Å². The van der Waals surface area contributed by atoms with Gasteiger partial charge in [-0.2, -0.15) is 0 Å². The zero-order chi connectivity index (χ0) is 15.5. The number of fused-ring (bicyclic) bond motifs is 1. The smallest absolute Gasteiger partial charge is 0.309 e. The summed E-state index contributed by atoms with van der Waals surface area (Å²) in [4.78, 5) is 22.9. The molecule has 0 spiro atoms. The second-order valence-electron chi connectivity index (χ2n) is 5.63. The van der Waals surface area contributed by atoms with Gasteiger partial charge >= 0.3 is 5.97 Å². The predicted molar refractivity (Wildman–Crippen MR) is 76.7 cm³/mol. The molecule has 0 aromatic heterocycles. The summed E-state index contributed by atoms with van der Waals surface area (Å²) in [7, 11) is 0. The van der Waals surface area contributed by atoms with Crippen LogP contribution >= 0.6 is 0 Å². The van der Waals surface area contributed by atoms with Crippen molar-refractivity contribution >= 4 is 17.6 Å². The number of ether oxygens (including phenoxy) is 2. The van der Waals surface area contributed by atoms with Crippen LogP contribution in [0.4, 0.5) is 5.69 Å². The number of hydrogen-bond acceptors (Lipinski definition) is 4. The van der Waals surface area contributed by atoms with E-state index in [1.165, 1.54) is 13.8 Å². The maximum absolute atomic E-state index is 11.9. The maximum Gasteiger partial charge on any atom is 0.309 e. The summed E-state index contributed by atoms with van der Waals surface area (Å²) in [6, 6.07) is 5.13. The molecule has 0 unspecified atom stereocenters. The molecule has 6 nitrogen and oxygen atoms in total. The van der Waals surface area contributed by atoms with Gasteiger partial charge in [-0.3, -0.25) is 9.59 Å². The van der Waals surface area contributed by atoms with Crippen molar-refractivity contribution in [3.05, 3.63) is 18.2 Å². The highest BCUT2D eigenvalue weighted by molar-refractivity contribution is 5.94. The van der Waals surface area contributed by atoms with Crippen LogP contribution in [0, 0.1) is 5.41 Å². The Balaban J connectivity index is 2.05. The highest BCUT2D eigenvalue weighted by Gasteiger charge is 2.30. The highest BCUT2D eigenvalue weighted by atomic mass is 16.5. The van der Waals surface area contributed by atoms with Crippen LogP contribution in [-0.2, 0) is 9.59 Å². The third-order valence-electron chi connectivity index (χ3n) is 3.21. The third-order valence-corrected chi connectivity index (χ3v) is 3.21. The molecule has 0 saturated heterocycles. The van der Waals surface area contributed by atoms with Crippen molar-refractivity contribution in [2.45, 2.75) is 26.7 Å². The standard InChI is InChI=1S/C15H19NO5/c1-15(2,14(18)19)9-13(17)16-10-4-5-11-12(8-10)21-7-3-6-20-11/h4-5,8H,3,6-7,9H2,1-2H3,(H,16,17)(H,18,19). The van der Waals surface area contributed by atoms with E-state index in [0.717, 1.165) is 6.42 Å². The van der Waals surface area contributed by atoms with Crippen molar-refractivity contribution in [3.63, 3.8) is 0 Å². The number of aliphatic carboxylic acids is 1. The van der Waals surface area contributed by atoms with E-state index >= 15 is 0 Å². The first-order valence-corrected chi connectivity index (χ1v) is 6.81. The molecule has 0 aliphatic carbocycles. The summed E-state index contributed by atoms with van der Waals surface area (Å²) >= 11 is 0. The molecule has 0 bridgehead atoms. The minimum atomic E-state index is -1.10. The Morgan fingerprint density at radius 2 is 1.90 bits per heavy atom. The molecular weight excluding hydrogens is 274 g/mol. The van der Waals surface area contributed by atoms with Gasteiger partial charge in [-0.25, -0.2) is 0 Å². The van der Waals surface area contributed by atoms with Gasteiger partial charge in [0, 0.05) is 24.6 Å². The Hall–Kier alpha value is -2.24. The SMILES string of the molecule is CC(C)(CC(=O)Nc1ccc2c(c1)OCCCO2)C(=O)O. The van der Waals surface area contributed by atoms with E-state index in [2.05, 4.69) is 5.32 Å². The average molecular weight is 293 g/mol. The molecule has 1 amide bonds. The van der Waals surface area contributed by atoms with Crippen LogP contribution < -0.4 is 14.8 Å². The number of hydrogen-bond donors (Lipinski definition) is 2. The lowest BCUT2D eigenvalue weighted by Crippen LogP contribution is -2.29. The Labute approximate surface area is 123 Å². The fourth-order valence-corrected chi connectivity index (χ4v) is 1.92. The minimum Gasteiger partial charge on any atom is -0.490 e. The van der Waals surface area contributed by atoms with E-state index in [0.29, 0.717) is 30.4 Å². The fourth-order valence-electron chi connectivity index (χ4n) is 1.92. The van der Waals surface area contributed by atoms with Crippen molar-refractivity contribution < 1.29 is 24.2 Å². The van der Waals surface area contributed by atoms with Gasteiger partial charge in [-0.05, 0) is 26.0 Å². The summed E-state index contributed by atoms with van der Waals surface area (Å²) in [5.41, 5.74) is -0.541. The van der Waals surface area contributed by atoms with Gasteiger partial charge in [0.15, 0.2) is 11.5 Å². The number of rotatable bonds is 4. The zero-order valence-corrected chi connectivity index (χ0v) is 12.1. The highest BCUT2D eigenvalue weighted by Crippen LogP contribution is 2.32. The molecule has 1 heterocycles. The van der Waals surface area contributed by atoms with Crippen LogP contribution in [0.15, 0.2) is 18.2 Å². The van der Waals surface area contributed by atoms with E-state index in [1.807, 2.05) is 0 Å². The number of amides is 1. The first kappa shape index (κ1) is 15.2. The first-order valence-electron chi connectivity index (χ1n) is 6.81. The summed E-state index contributed by atoms with van der Waals surface area (Å²) in [5.74, 6) is -0.118. The maximum atomic E-state index is 11.9. The molecule has 2 N–H and O–H groups in total. The van der Waals surface area contributed by atoms with Gasteiger partial charge in [-0.1, -0.05) is 0 Å². The van der Waals surface area contributed by atoms with Crippen LogP contribution in [0.3, 0.4) is 0 Å². The Morgan fingerprint density at radius 3 is 2.57 bits per heavy atom. The summed E-state index contributed by atoms with van der Waals surface area (Å²) in [6.07, 6.45) is 0.708. The van der Waals surface area contributed by atoms with E-state index < -0.39 is 11.4 Å². The van der Waals surface area contributed by atoms with Gasteiger partial charge in [0.1, 0.15) is 0 Å². The first-order chi connectivity index (χ1) is 9.88. The van der Waals surface area contributed by atoms with Gasteiger partial charge in [0.25, 0.3) is 0 Å². The normalized spacial score (nSPS) is 14.2. The Bertz CT molecular complexity index is 553. The van der Waals surface area contributed by atoms with Crippen LogP contribution in [0.25, 0.3) is 0 Å². The lowest BCUT2D eigenvalue weighted by Gasteiger charge is -2.18. The third kappa shape index (κ3) is 3.87. The monoisotopic (exact) mass is 293 g/mol. The number of carboxylic acids is 1. The van der Waals surface area contributed by atoms with Crippen molar-refractivity contribution in [1.82, 2.24) is 0 Å². The van der Waals surface area contributed by atoms with Gasteiger partial charge < -0.3 is 19.9 Å². The molecule has 0 fully saturated rings. The summed E-state index contributed by atoms with van der Waals surface area (Å²) < 4.78 is 11.0. The molecule has 21 heavy (non-hydrogen) atoms. The van der Waals surface area contributed by atoms with E-state index in [9.17, 15) is 9.59 Å². The second-order valence-corrected chi connectivity index (χ2v) is 5.63. The second kappa shape index (κ2) is 6.03. The molecule has 0 atom stereocenters. The van der Waals surface area contributed by atoms with Crippen molar-refractivity contribution in [2.24, 2.45) is 5.41 Å². The fraction of sp³-hybridized carbons (Fsp3) is 0.467. The predicted octanol–water partition coefficient (Wildman–Crippen LogP) is 2.29. The lowest BCUT2D eigenvalue weighted by atomic mass is 9.89. The molecule has 1 aromatic carbocycles. The molecule has 6 heteroatoms. The molecular formula is C15H19NO5. The number of carbonyl (C=O) groups excluding carboxylic acids is 1. The molecule has 114 valence electrons. The molecule has 0 radical (unpaired) electrons. The average Bonchev–Trinajstić information content (AvgIpc) is 2.62. The summed E-state index contributed by atoms with van der Waals surface area (Å²) in [5, 5.41) is 11.7. The van der Waals surface area contributed by atoms with Crippen LogP contribution in [-0.4, -0.2) is 30.2 Å². The Kier molecular flexibility index (Phi) is 4.35. The Morgan fingerprint density at radius 1 is 1.24 bits per heavy atom. The molecule has 1 aliphatic heterocycles. The van der Waals surface area contributed by atoms with Crippen LogP contribution in [0.2, 0.25) is 0 Å². The topological polar surface area (TPSA) is 84.9 Å². The van der Waals surface area contributed by atoms with Crippen molar-refractivity contribution in [2.75, 3.05) is 18.5 Å². The van der Waals surface area contributed by atoms with Crippen molar-refractivity contribution in [3.8, 4) is 11.5 Å². The zero-order valence-electron chi connectivity index (χ0n) is 12.1. The number of benzene rings is 1. The molecule has 1 aromatic rings. The van der Waals surface area contributed by atoms with Gasteiger partial charge in [0.2, 0.25) is 5.91 Å². The minimum absolute atomic E-state index is 0.100. The number of carboxylic acid groups (broad SMARTS) is 1. The summed E-state index contributed by atoms with van der Waals surface area (Å²) in [6.45, 7) is 4.20. The van der Waals surface area contributed by atoms with Gasteiger partial charge in [0.05, 0.1) is 18.6 Å². The van der Waals surface area contributed by atoms with E-state index in [4.69, 9.17) is 14.6 Å². The van der Waals surface area contributed by atoms with E-state index in [-0.39, 0.29) is 12.3 Å². The lowest BCUT2D eigenvalue weighted by molar-refractivity contribution is -0.148. The van der Waals surface area contributed by atoms with Crippen LogP contribution in [0.5, 0.6) is 11.5 Å². The van der Waals surface area contributed by atoms with E-state index in [1.54, 1.807) is 18.2 Å². The van der Waals surface area contributed by atoms with Crippen LogP contribution in [0.1, 0.15) is 26.7 Å². The number of nitrogens with one attached hydrogen (secondary N) is 1. The number of anilines is 1. The molecule has 1 aliphatic rings. The molecule has 0 saturated carbocycles. The largest absolute Gasteiger partial charge is 0.490 e.